The highest BCUT2D eigenvalue weighted by Crippen LogP contribution is 2.29. The minimum absolute atomic E-state index is 0.0349. The monoisotopic (exact) mass is 388 g/mol. The van der Waals surface area contributed by atoms with Gasteiger partial charge in [-0.15, -0.1) is 0 Å². The Labute approximate surface area is 163 Å². The summed E-state index contributed by atoms with van der Waals surface area (Å²) in [6.45, 7) is 0. The van der Waals surface area contributed by atoms with Crippen LogP contribution in [-0.4, -0.2) is 48.5 Å². The Hall–Kier alpha value is -3.10. The molecule has 8 heteroatoms. The van der Waals surface area contributed by atoms with Gasteiger partial charge in [0.05, 0.1) is 14.2 Å². The van der Waals surface area contributed by atoms with Gasteiger partial charge in [-0.25, -0.2) is 10.9 Å². The number of ether oxygens (including phenoxy) is 2. The zero-order valence-electron chi connectivity index (χ0n) is 15.7. The number of carbonyl (C=O) groups is 2. The summed E-state index contributed by atoms with van der Waals surface area (Å²) >= 11 is 0. The van der Waals surface area contributed by atoms with E-state index in [-0.39, 0.29) is 12.8 Å². The Morgan fingerprint density at radius 3 is 1.79 bits per heavy atom. The molecule has 0 saturated carbocycles. The summed E-state index contributed by atoms with van der Waals surface area (Å²) in [5.41, 5.74) is 6.66. The van der Waals surface area contributed by atoms with Crippen LogP contribution in [0.25, 0.3) is 0 Å². The lowest BCUT2D eigenvalue weighted by atomic mass is 10.0. The van der Waals surface area contributed by atoms with E-state index < -0.39 is 24.0 Å². The van der Waals surface area contributed by atoms with Crippen LogP contribution in [0.4, 0.5) is 0 Å². The van der Waals surface area contributed by atoms with Gasteiger partial charge in [0.15, 0.2) is 0 Å². The summed E-state index contributed by atoms with van der Waals surface area (Å²) in [6.07, 6.45) is 0.237. The van der Waals surface area contributed by atoms with Crippen LogP contribution in [0.1, 0.15) is 11.1 Å². The van der Waals surface area contributed by atoms with Gasteiger partial charge >= 0.3 is 11.9 Å². The second-order valence-corrected chi connectivity index (χ2v) is 6.11. The van der Waals surface area contributed by atoms with E-state index in [9.17, 15) is 19.8 Å². The Morgan fingerprint density at radius 2 is 1.32 bits per heavy atom. The van der Waals surface area contributed by atoms with Crippen LogP contribution in [0.5, 0.6) is 11.5 Å². The highest BCUT2D eigenvalue weighted by molar-refractivity contribution is 5.75. The Balaban J connectivity index is 2.12. The van der Waals surface area contributed by atoms with Crippen molar-refractivity contribution < 1.29 is 29.3 Å². The Bertz CT molecular complexity index is 774. The zero-order valence-corrected chi connectivity index (χ0v) is 15.7. The molecule has 0 aliphatic heterocycles. The lowest BCUT2D eigenvalue weighted by Crippen LogP contribution is -2.54. The van der Waals surface area contributed by atoms with Gasteiger partial charge in [-0.2, -0.15) is 0 Å². The summed E-state index contributed by atoms with van der Waals surface area (Å²) in [4.78, 5) is 23.3. The van der Waals surface area contributed by atoms with Crippen LogP contribution >= 0.6 is 0 Å². The highest BCUT2D eigenvalue weighted by Gasteiger charge is 2.25. The largest absolute Gasteiger partial charge is 0.496 e. The fraction of sp³-hybridized carbons (Fsp3) is 0.300. The van der Waals surface area contributed by atoms with Crippen LogP contribution in [0, 0.1) is 0 Å². The van der Waals surface area contributed by atoms with Gasteiger partial charge in [-0.3, -0.25) is 9.59 Å². The molecular weight excluding hydrogens is 364 g/mol. The maximum Gasteiger partial charge on any atom is 0.322 e. The van der Waals surface area contributed by atoms with E-state index in [2.05, 4.69) is 10.9 Å². The summed E-state index contributed by atoms with van der Waals surface area (Å²) in [5.74, 6) is -1.24. The minimum Gasteiger partial charge on any atom is -0.496 e. The lowest BCUT2D eigenvalue weighted by Gasteiger charge is -2.21. The predicted octanol–water partition coefficient (Wildman–Crippen LogP) is 1.49. The van der Waals surface area contributed by atoms with Crippen molar-refractivity contribution in [2.45, 2.75) is 24.9 Å². The average molecular weight is 388 g/mol. The number of benzene rings is 2. The molecule has 4 N–H and O–H groups in total. The lowest BCUT2D eigenvalue weighted by molar-refractivity contribution is -0.143. The molecule has 0 heterocycles. The third-order valence-corrected chi connectivity index (χ3v) is 4.25. The molecule has 0 unspecified atom stereocenters. The van der Waals surface area contributed by atoms with E-state index >= 15 is 0 Å². The van der Waals surface area contributed by atoms with Crippen molar-refractivity contribution in [3.8, 4) is 11.5 Å². The van der Waals surface area contributed by atoms with Crippen molar-refractivity contribution in [3.05, 3.63) is 59.7 Å². The molecule has 0 amide bonds. The number of nitrogens with one attached hydrogen (secondary N) is 2. The van der Waals surface area contributed by atoms with Crippen molar-refractivity contribution in [1.82, 2.24) is 10.9 Å². The predicted molar refractivity (Wildman–Crippen MR) is 103 cm³/mol. The number of carboxylic acids is 2. The van der Waals surface area contributed by atoms with E-state index in [1.807, 2.05) is 30.3 Å². The van der Waals surface area contributed by atoms with Gasteiger partial charge in [-0.05, 0) is 24.1 Å². The molecule has 0 aromatic heterocycles. The first-order chi connectivity index (χ1) is 13.5. The SMILES string of the molecule is COc1cccc(OC)c1C[C@H](NN[C@@H](Cc1ccccc1)C(=O)O)C(=O)O. The van der Waals surface area contributed by atoms with Gasteiger partial charge < -0.3 is 19.7 Å². The van der Waals surface area contributed by atoms with Gasteiger partial charge in [-0.1, -0.05) is 36.4 Å². The maximum atomic E-state index is 11.7. The van der Waals surface area contributed by atoms with Crippen molar-refractivity contribution in [2.75, 3.05) is 14.2 Å². The van der Waals surface area contributed by atoms with Crippen molar-refractivity contribution in [3.63, 3.8) is 0 Å². The van der Waals surface area contributed by atoms with E-state index in [1.165, 1.54) is 14.2 Å². The van der Waals surface area contributed by atoms with Gasteiger partial charge in [0.25, 0.3) is 0 Å². The first kappa shape index (κ1) is 21.2. The fourth-order valence-electron chi connectivity index (χ4n) is 2.78. The number of carboxylic acid groups (broad SMARTS) is 2. The molecule has 2 atom stereocenters. The van der Waals surface area contributed by atoms with E-state index in [0.29, 0.717) is 17.1 Å². The Kier molecular flexibility index (Phi) is 7.79. The molecule has 0 radical (unpaired) electrons. The molecule has 28 heavy (non-hydrogen) atoms. The number of hydrazine groups is 1. The molecule has 0 aliphatic carbocycles. The van der Waals surface area contributed by atoms with Crippen LogP contribution in [0.2, 0.25) is 0 Å². The van der Waals surface area contributed by atoms with Gasteiger partial charge in [0.2, 0.25) is 0 Å². The van der Waals surface area contributed by atoms with Crippen molar-refractivity contribution >= 4 is 11.9 Å². The molecule has 0 aliphatic rings. The summed E-state index contributed by atoms with van der Waals surface area (Å²) in [7, 11) is 2.97. The van der Waals surface area contributed by atoms with Gasteiger partial charge in [0.1, 0.15) is 23.6 Å². The van der Waals surface area contributed by atoms with Gasteiger partial charge in [0, 0.05) is 12.0 Å². The third kappa shape index (κ3) is 5.70. The van der Waals surface area contributed by atoms with Crippen molar-refractivity contribution in [2.24, 2.45) is 0 Å². The van der Waals surface area contributed by atoms with Crippen LogP contribution < -0.4 is 20.3 Å². The second kappa shape index (κ2) is 10.3. The number of hydrogen-bond donors (Lipinski definition) is 4. The molecule has 2 aromatic rings. The summed E-state index contributed by atoms with van der Waals surface area (Å²) in [5, 5.41) is 19.0. The molecule has 0 bridgehead atoms. The molecule has 8 nitrogen and oxygen atoms in total. The first-order valence-corrected chi connectivity index (χ1v) is 8.66. The van der Waals surface area contributed by atoms with Crippen LogP contribution in [0.3, 0.4) is 0 Å². The summed E-state index contributed by atoms with van der Waals surface area (Å²) < 4.78 is 10.6. The maximum absolute atomic E-state index is 11.7. The quantitative estimate of drug-likeness (QED) is 0.428. The average Bonchev–Trinajstić information content (AvgIpc) is 2.70. The van der Waals surface area contributed by atoms with E-state index in [1.54, 1.807) is 18.2 Å². The molecule has 0 spiro atoms. The zero-order chi connectivity index (χ0) is 20.5. The number of aliphatic carboxylic acids is 2. The van der Waals surface area contributed by atoms with E-state index in [4.69, 9.17) is 9.47 Å². The molecular formula is C20H24N2O6. The minimum atomic E-state index is -1.13. The second-order valence-electron chi connectivity index (χ2n) is 6.11. The summed E-state index contributed by atoms with van der Waals surface area (Å²) in [6, 6.07) is 12.2. The highest BCUT2D eigenvalue weighted by atomic mass is 16.5. The normalized spacial score (nSPS) is 12.8. The topological polar surface area (TPSA) is 117 Å². The fourth-order valence-corrected chi connectivity index (χ4v) is 2.78. The third-order valence-electron chi connectivity index (χ3n) is 4.25. The van der Waals surface area contributed by atoms with Crippen LogP contribution in [-0.2, 0) is 22.4 Å². The number of hydrogen-bond acceptors (Lipinski definition) is 6. The molecule has 0 saturated heterocycles. The smallest absolute Gasteiger partial charge is 0.322 e. The first-order valence-electron chi connectivity index (χ1n) is 8.66. The van der Waals surface area contributed by atoms with E-state index in [0.717, 1.165) is 5.56 Å². The molecule has 150 valence electrons. The standard InChI is InChI=1S/C20H24N2O6/c1-27-17-9-6-10-18(28-2)14(17)12-16(20(25)26)22-21-15(19(23)24)11-13-7-4-3-5-8-13/h3-10,15-16,21-22H,11-12H2,1-2H3,(H,23,24)(H,25,26)/t15-,16-/m0/s1. The molecule has 2 aromatic carbocycles. The van der Waals surface area contributed by atoms with Crippen LogP contribution in [0.15, 0.2) is 48.5 Å². The number of methoxy groups -OCH3 is 2. The van der Waals surface area contributed by atoms with Crippen molar-refractivity contribution in [1.29, 1.82) is 0 Å². The number of rotatable bonds is 11. The molecule has 0 fully saturated rings. The molecule has 2 rings (SSSR count). The Morgan fingerprint density at radius 1 is 0.821 bits per heavy atom.